The lowest BCUT2D eigenvalue weighted by Crippen LogP contribution is -2.32. The number of hydrogen-bond acceptors (Lipinski definition) is 4. The van der Waals surface area contributed by atoms with E-state index in [0.29, 0.717) is 12.2 Å². The number of rotatable bonds is 6. The van der Waals surface area contributed by atoms with Crippen LogP contribution in [0, 0.1) is 6.92 Å². The van der Waals surface area contributed by atoms with Crippen molar-refractivity contribution >= 4 is 5.91 Å². The number of aromatic nitrogens is 3. The van der Waals surface area contributed by atoms with Crippen LogP contribution in [0.3, 0.4) is 0 Å². The third-order valence-corrected chi connectivity index (χ3v) is 5.06. The van der Waals surface area contributed by atoms with Gasteiger partial charge >= 0.3 is 0 Å². The molecule has 0 saturated carbocycles. The van der Waals surface area contributed by atoms with Crippen LogP contribution in [0.25, 0.3) is 5.69 Å². The Hall–Kier alpha value is -2.99. The molecule has 0 radical (unpaired) electrons. The molecule has 144 valence electrons. The monoisotopic (exact) mass is 376 g/mol. The summed E-state index contributed by atoms with van der Waals surface area (Å²) in [4.78, 5) is 16.8. The Morgan fingerprint density at radius 3 is 2.89 bits per heavy atom. The van der Waals surface area contributed by atoms with Gasteiger partial charge in [-0.25, -0.2) is 4.68 Å². The number of ether oxygens (including phenoxy) is 1. The average Bonchev–Trinajstić information content (AvgIpc) is 3.42. The summed E-state index contributed by atoms with van der Waals surface area (Å²) in [6.07, 6.45) is 8.40. The standard InChI is InChI=1S/C22H24N4O2/c1-16-14-23-21(22(27)24-15-20-4-2-11-28-20)13-18(16)12-17-5-7-19(8-6-17)26-10-3-9-25-26/h3,5-10,13-14,20H,2,4,11-12,15H2,1H3,(H,24,27)/t20-/m0/s1. The summed E-state index contributed by atoms with van der Waals surface area (Å²) in [5.41, 5.74) is 4.83. The van der Waals surface area contributed by atoms with Crippen LogP contribution in [-0.4, -0.2) is 39.9 Å². The highest BCUT2D eigenvalue weighted by Gasteiger charge is 2.17. The van der Waals surface area contributed by atoms with Crippen molar-refractivity contribution in [1.82, 2.24) is 20.1 Å². The van der Waals surface area contributed by atoms with Crippen LogP contribution in [0.15, 0.2) is 55.0 Å². The van der Waals surface area contributed by atoms with E-state index in [1.807, 2.05) is 42.1 Å². The van der Waals surface area contributed by atoms with Crippen LogP contribution in [-0.2, 0) is 11.2 Å². The van der Waals surface area contributed by atoms with Crippen molar-refractivity contribution < 1.29 is 9.53 Å². The van der Waals surface area contributed by atoms with Crippen LogP contribution in [0.1, 0.15) is 40.0 Å². The summed E-state index contributed by atoms with van der Waals surface area (Å²) in [5, 5.41) is 7.18. The van der Waals surface area contributed by atoms with Crippen LogP contribution < -0.4 is 5.32 Å². The summed E-state index contributed by atoms with van der Waals surface area (Å²) in [6.45, 7) is 3.35. The van der Waals surface area contributed by atoms with Gasteiger partial charge in [-0.2, -0.15) is 5.10 Å². The van der Waals surface area contributed by atoms with Crippen molar-refractivity contribution in [2.24, 2.45) is 0 Å². The second-order valence-corrected chi connectivity index (χ2v) is 7.13. The van der Waals surface area contributed by atoms with Crippen LogP contribution in [0.4, 0.5) is 0 Å². The Balaban J connectivity index is 1.44. The van der Waals surface area contributed by atoms with Crippen LogP contribution >= 0.6 is 0 Å². The van der Waals surface area contributed by atoms with Gasteiger partial charge in [-0.15, -0.1) is 0 Å². The summed E-state index contributed by atoms with van der Waals surface area (Å²) in [5.74, 6) is -0.147. The summed E-state index contributed by atoms with van der Waals surface area (Å²) >= 11 is 0. The Morgan fingerprint density at radius 2 is 2.18 bits per heavy atom. The molecule has 0 unspecified atom stereocenters. The zero-order valence-electron chi connectivity index (χ0n) is 16.0. The fraction of sp³-hybridized carbons (Fsp3) is 0.318. The van der Waals surface area contributed by atoms with E-state index in [9.17, 15) is 4.79 Å². The smallest absolute Gasteiger partial charge is 0.269 e. The number of carbonyl (C=O) groups excluding carboxylic acids is 1. The quantitative estimate of drug-likeness (QED) is 0.718. The van der Waals surface area contributed by atoms with Gasteiger partial charge in [0, 0.05) is 31.7 Å². The van der Waals surface area contributed by atoms with E-state index < -0.39 is 0 Å². The second kappa shape index (κ2) is 8.35. The molecule has 0 spiro atoms. The highest BCUT2D eigenvalue weighted by molar-refractivity contribution is 5.92. The minimum absolute atomic E-state index is 0.127. The average molecular weight is 376 g/mol. The van der Waals surface area contributed by atoms with Gasteiger partial charge in [0.25, 0.3) is 5.91 Å². The van der Waals surface area contributed by atoms with Gasteiger partial charge in [-0.1, -0.05) is 12.1 Å². The molecule has 1 aliphatic heterocycles. The van der Waals surface area contributed by atoms with Gasteiger partial charge < -0.3 is 10.1 Å². The fourth-order valence-electron chi connectivity index (χ4n) is 3.39. The first-order valence-electron chi connectivity index (χ1n) is 9.63. The second-order valence-electron chi connectivity index (χ2n) is 7.13. The maximum Gasteiger partial charge on any atom is 0.269 e. The molecular weight excluding hydrogens is 352 g/mol. The van der Waals surface area contributed by atoms with Crippen LogP contribution in [0.2, 0.25) is 0 Å². The topological polar surface area (TPSA) is 69.0 Å². The number of pyridine rings is 1. The maximum atomic E-state index is 12.5. The summed E-state index contributed by atoms with van der Waals surface area (Å²) < 4.78 is 7.39. The first kappa shape index (κ1) is 18.4. The van der Waals surface area contributed by atoms with E-state index in [0.717, 1.165) is 42.7 Å². The molecule has 3 aromatic rings. The number of hydrogen-bond donors (Lipinski definition) is 1. The van der Waals surface area contributed by atoms with Gasteiger partial charge in [0.15, 0.2) is 0 Å². The molecule has 3 heterocycles. The van der Waals surface area contributed by atoms with Crippen molar-refractivity contribution in [3.8, 4) is 5.69 Å². The summed E-state index contributed by atoms with van der Waals surface area (Å²) in [7, 11) is 0. The number of nitrogens with one attached hydrogen (secondary N) is 1. The van der Waals surface area contributed by atoms with Gasteiger partial charge in [0.1, 0.15) is 5.69 Å². The molecule has 1 N–H and O–H groups in total. The zero-order valence-corrected chi connectivity index (χ0v) is 16.0. The van der Waals surface area contributed by atoms with Crippen molar-refractivity contribution in [2.75, 3.05) is 13.2 Å². The van der Waals surface area contributed by atoms with Gasteiger partial charge in [-0.3, -0.25) is 9.78 Å². The van der Waals surface area contributed by atoms with Crippen molar-refractivity contribution in [3.63, 3.8) is 0 Å². The molecule has 0 bridgehead atoms. The lowest BCUT2D eigenvalue weighted by atomic mass is 10.0. The Morgan fingerprint density at radius 1 is 1.32 bits per heavy atom. The van der Waals surface area contributed by atoms with Crippen molar-refractivity contribution in [2.45, 2.75) is 32.3 Å². The number of carbonyl (C=O) groups is 1. The third kappa shape index (κ3) is 4.28. The molecule has 1 amide bonds. The van der Waals surface area contributed by atoms with Gasteiger partial charge in [0.2, 0.25) is 0 Å². The number of benzene rings is 1. The number of nitrogens with zero attached hydrogens (tertiary/aromatic N) is 3. The van der Waals surface area contributed by atoms with Crippen molar-refractivity contribution in [3.05, 3.63) is 77.4 Å². The molecule has 1 atom stereocenters. The van der Waals surface area contributed by atoms with E-state index >= 15 is 0 Å². The molecular formula is C22H24N4O2. The van der Waals surface area contributed by atoms with Gasteiger partial charge in [-0.05, 0) is 67.1 Å². The number of amides is 1. The normalized spacial score (nSPS) is 16.2. The first-order valence-corrected chi connectivity index (χ1v) is 9.63. The van der Waals surface area contributed by atoms with E-state index in [1.165, 1.54) is 5.56 Å². The molecule has 0 aliphatic carbocycles. The zero-order chi connectivity index (χ0) is 19.3. The minimum atomic E-state index is -0.147. The molecule has 28 heavy (non-hydrogen) atoms. The molecule has 1 aromatic carbocycles. The molecule has 2 aromatic heterocycles. The maximum absolute atomic E-state index is 12.5. The lowest BCUT2D eigenvalue weighted by Gasteiger charge is -2.12. The third-order valence-electron chi connectivity index (χ3n) is 5.06. The largest absolute Gasteiger partial charge is 0.376 e. The molecule has 6 heteroatoms. The Bertz CT molecular complexity index is 930. The SMILES string of the molecule is Cc1cnc(C(=O)NC[C@@H]2CCCO2)cc1Cc1ccc(-n2cccn2)cc1. The minimum Gasteiger partial charge on any atom is -0.376 e. The molecule has 1 aliphatic rings. The fourth-order valence-corrected chi connectivity index (χ4v) is 3.39. The van der Waals surface area contributed by atoms with E-state index in [2.05, 4.69) is 27.5 Å². The van der Waals surface area contributed by atoms with E-state index in [1.54, 1.807) is 12.4 Å². The summed E-state index contributed by atoms with van der Waals surface area (Å²) in [6, 6.07) is 12.1. The molecule has 1 fully saturated rings. The van der Waals surface area contributed by atoms with Gasteiger partial charge in [0.05, 0.1) is 11.8 Å². The molecule has 6 nitrogen and oxygen atoms in total. The predicted molar refractivity (Wildman–Crippen MR) is 107 cm³/mol. The first-order chi connectivity index (χ1) is 13.7. The highest BCUT2D eigenvalue weighted by Crippen LogP contribution is 2.17. The van der Waals surface area contributed by atoms with E-state index in [4.69, 9.17) is 4.74 Å². The Labute approximate surface area is 164 Å². The van der Waals surface area contributed by atoms with E-state index in [-0.39, 0.29) is 12.0 Å². The highest BCUT2D eigenvalue weighted by atomic mass is 16.5. The molecule has 4 rings (SSSR count). The van der Waals surface area contributed by atoms with Crippen LogP contribution in [0.5, 0.6) is 0 Å². The Kier molecular flexibility index (Phi) is 5.48. The predicted octanol–water partition coefficient (Wildman–Crippen LogP) is 3.08. The lowest BCUT2D eigenvalue weighted by molar-refractivity contribution is 0.0853. The molecule has 1 saturated heterocycles. The van der Waals surface area contributed by atoms with Crippen molar-refractivity contribution in [1.29, 1.82) is 0 Å². The number of aryl methyl sites for hydroxylation is 1.